The highest BCUT2D eigenvalue weighted by molar-refractivity contribution is 7.10. The zero-order valence-corrected chi connectivity index (χ0v) is 14.1. The second-order valence-corrected chi connectivity index (χ2v) is 6.45. The number of hydrogen-bond donors (Lipinski definition) is 1. The molecule has 0 spiro atoms. The van der Waals surface area contributed by atoms with Crippen molar-refractivity contribution >= 4 is 17.2 Å². The predicted molar refractivity (Wildman–Crippen MR) is 94.3 cm³/mol. The van der Waals surface area contributed by atoms with E-state index in [9.17, 15) is 9.18 Å². The lowest BCUT2D eigenvalue weighted by Gasteiger charge is -2.04. The molecule has 0 radical (unpaired) electrons. The van der Waals surface area contributed by atoms with E-state index in [2.05, 4.69) is 10.3 Å². The Balaban J connectivity index is 1.77. The largest absolute Gasteiger partial charge is 0.352 e. The lowest BCUT2D eigenvalue weighted by atomic mass is 10.1. The van der Waals surface area contributed by atoms with Gasteiger partial charge in [0.25, 0.3) is 0 Å². The molecule has 0 fully saturated rings. The summed E-state index contributed by atoms with van der Waals surface area (Å²) in [6.45, 7) is 1.99. The van der Waals surface area contributed by atoms with Gasteiger partial charge in [0.2, 0.25) is 5.91 Å². The zero-order chi connectivity index (χ0) is 16.9. The molecule has 1 heterocycles. The van der Waals surface area contributed by atoms with Gasteiger partial charge in [0.15, 0.2) is 0 Å². The van der Waals surface area contributed by atoms with Crippen LogP contribution in [0.4, 0.5) is 4.39 Å². The third-order valence-corrected chi connectivity index (χ3v) is 4.46. The van der Waals surface area contributed by atoms with Crippen LogP contribution in [0.2, 0.25) is 0 Å². The molecule has 0 saturated carbocycles. The number of aromatic nitrogens is 1. The summed E-state index contributed by atoms with van der Waals surface area (Å²) < 4.78 is 13.8. The van der Waals surface area contributed by atoms with Crippen molar-refractivity contribution in [2.24, 2.45) is 0 Å². The lowest BCUT2D eigenvalue weighted by molar-refractivity contribution is -0.119. The molecule has 0 aliphatic carbocycles. The van der Waals surface area contributed by atoms with E-state index in [1.165, 1.54) is 24.3 Å². The van der Waals surface area contributed by atoms with Gasteiger partial charge in [-0.15, -0.1) is 11.3 Å². The summed E-state index contributed by atoms with van der Waals surface area (Å²) in [4.78, 5) is 15.6. The van der Waals surface area contributed by atoms with Crippen LogP contribution in [-0.2, 0) is 17.8 Å². The molecule has 0 atom stereocenters. The third kappa shape index (κ3) is 4.06. The van der Waals surface area contributed by atoms with E-state index in [0.29, 0.717) is 18.5 Å². The summed E-state index contributed by atoms with van der Waals surface area (Å²) in [7, 11) is 0. The highest BCUT2D eigenvalue weighted by Gasteiger charge is 2.08. The van der Waals surface area contributed by atoms with Crippen molar-refractivity contribution in [3.05, 3.63) is 75.9 Å². The van der Waals surface area contributed by atoms with Crippen molar-refractivity contribution in [1.82, 2.24) is 10.3 Å². The van der Waals surface area contributed by atoms with Crippen LogP contribution in [0, 0.1) is 5.82 Å². The smallest absolute Gasteiger partial charge is 0.217 e. The number of thiazole rings is 1. The average Bonchev–Trinajstić information content (AvgIpc) is 3.04. The molecule has 1 N–H and O–H groups in total. The molecular formula is C19H17FN2OS. The molecule has 122 valence electrons. The molecule has 0 aliphatic rings. The van der Waals surface area contributed by atoms with Gasteiger partial charge in [-0.3, -0.25) is 4.79 Å². The Labute approximate surface area is 144 Å². The maximum atomic E-state index is 13.8. The third-order valence-electron chi connectivity index (χ3n) is 3.62. The summed E-state index contributed by atoms with van der Waals surface area (Å²) in [5.74, 6) is -0.257. The Morgan fingerprint density at radius 1 is 1.21 bits per heavy atom. The Kier molecular flexibility index (Phi) is 5.01. The monoisotopic (exact) mass is 340 g/mol. The van der Waals surface area contributed by atoms with Crippen molar-refractivity contribution in [2.75, 3.05) is 0 Å². The van der Waals surface area contributed by atoms with Crippen molar-refractivity contribution in [3.8, 4) is 11.3 Å². The average molecular weight is 340 g/mol. The standard InChI is InChI=1S/C19H17FN2OS/c1-13(23)21-11-14-5-4-7-16(9-14)18-12-24-19(22-18)10-15-6-2-3-8-17(15)20/h2-9,12H,10-11H2,1H3,(H,21,23). The number of nitrogens with one attached hydrogen (secondary N) is 1. The summed E-state index contributed by atoms with van der Waals surface area (Å²) in [6, 6.07) is 14.7. The number of nitrogens with zero attached hydrogens (tertiary/aromatic N) is 1. The Morgan fingerprint density at radius 3 is 2.83 bits per heavy atom. The minimum atomic E-state index is -0.202. The number of amides is 1. The van der Waals surface area contributed by atoms with Crippen LogP contribution in [0.15, 0.2) is 53.9 Å². The van der Waals surface area contributed by atoms with E-state index < -0.39 is 0 Å². The highest BCUT2D eigenvalue weighted by Crippen LogP contribution is 2.25. The van der Waals surface area contributed by atoms with Crippen LogP contribution in [0.1, 0.15) is 23.1 Å². The van der Waals surface area contributed by atoms with Crippen LogP contribution < -0.4 is 5.32 Å². The van der Waals surface area contributed by atoms with E-state index >= 15 is 0 Å². The minimum Gasteiger partial charge on any atom is -0.352 e. The second-order valence-electron chi connectivity index (χ2n) is 5.50. The molecule has 0 unspecified atom stereocenters. The Morgan fingerprint density at radius 2 is 2.04 bits per heavy atom. The second kappa shape index (κ2) is 7.36. The van der Waals surface area contributed by atoms with E-state index in [-0.39, 0.29) is 11.7 Å². The van der Waals surface area contributed by atoms with Gasteiger partial charge in [0, 0.05) is 30.8 Å². The summed E-state index contributed by atoms with van der Waals surface area (Å²) >= 11 is 1.52. The minimum absolute atomic E-state index is 0.0544. The van der Waals surface area contributed by atoms with Crippen LogP contribution >= 0.6 is 11.3 Å². The van der Waals surface area contributed by atoms with Gasteiger partial charge in [0.1, 0.15) is 5.82 Å². The molecule has 3 rings (SSSR count). The molecule has 3 aromatic rings. The Bertz CT molecular complexity index is 860. The number of hydrogen-bond acceptors (Lipinski definition) is 3. The SMILES string of the molecule is CC(=O)NCc1cccc(-c2csc(Cc3ccccc3F)n2)c1. The number of carbonyl (C=O) groups excluding carboxylic acids is 1. The van der Waals surface area contributed by atoms with Gasteiger partial charge in [-0.2, -0.15) is 0 Å². The molecule has 3 nitrogen and oxygen atoms in total. The van der Waals surface area contributed by atoms with Crippen molar-refractivity contribution in [1.29, 1.82) is 0 Å². The van der Waals surface area contributed by atoms with Crippen molar-refractivity contribution in [2.45, 2.75) is 19.9 Å². The van der Waals surface area contributed by atoms with Crippen molar-refractivity contribution in [3.63, 3.8) is 0 Å². The van der Waals surface area contributed by atoms with Gasteiger partial charge < -0.3 is 5.32 Å². The van der Waals surface area contributed by atoms with Gasteiger partial charge in [-0.05, 0) is 23.3 Å². The molecule has 1 aromatic heterocycles. The van der Waals surface area contributed by atoms with Crippen LogP contribution in [-0.4, -0.2) is 10.9 Å². The zero-order valence-electron chi connectivity index (χ0n) is 13.3. The van der Waals surface area contributed by atoms with Gasteiger partial charge in [0.05, 0.1) is 10.7 Å². The first-order valence-corrected chi connectivity index (χ1v) is 8.51. The first-order chi connectivity index (χ1) is 11.6. The van der Waals surface area contributed by atoms with Crippen LogP contribution in [0.5, 0.6) is 0 Å². The lowest BCUT2D eigenvalue weighted by Crippen LogP contribution is -2.18. The fraction of sp³-hybridized carbons (Fsp3) is 0.158. The van der Waals surface area contributed by atoms with E-state index in [4.69, 9.17) is 0 Å². The fourth-order valence-corrected chi connectivity index (χ4v) is 3.22. The normalized spacial score (nSPS) is 10.6. The Hall–Kier alpha value is -2.53. The molecule has 5 heteroatoms. The van der Waals surface area contributed by atoms with Crippen molar-refractivity contribution < 1.29 is 9.18 Å². The maximum absolute atomic E-state index is 13.8. The van der Waals surface area contributed by atoms with Gasteiger partial charge >= 0.3 is 0 Å². The quantitative estimate of drug-likeness (QED) is 0.757. The molecule has 24 heavy (non-hydrogen) atoms. The van der Waals surface area contributed by atoms with E-state index in [0.717, 1.165) is 21.8 Å². The maximum Gasteiger partial charge on any atom is 0.217 e. The summed E-state index contributed by atoms with van der Waals surface area (Å²) in [5.41, 5.74) is 3.54. The molecular weight excluding hydrogens is 323 g/mol. The first kappa shape index (κ1) is 16.3. The van der Waals surface area contributed by atoms with E-state index in [1.807, 2.05) is 35.7 Å². The van der Waals surface area contributed by atoms with Crippen LogP contribution in [0.25, 0.3) is 11.3 Å². The highest BCUT2D eigenvalue weighted by atomic mass is 32.1. The molecule has 0 bridgehead atoms. The molecule has 1 amide bonds. The summed E-state index contributed by atoms with van der Waals surface area (Å²) in [5, 5.41) is 5.64. The molecule has 2 aromatic carbocycles. The van der Waals surface area contributed by atoms with E-state index in [1.54, 1.807) is 12.1 Å². The summed E-state index contributed by atoms with van der Waals surface area (Å²) in [6.07, 6.45) is 0.489. The topological polar surface area (TPSA) is 42.0 Å². The predicted octanol–water partition coefficient (Wildman–Crippen LogP) is 4.18. The molecule has 0 aliphatic heterocycles. The first-order valence-electron chi connectivity index (χ1n) is 7.63. The van der Waals surface area contributed by atoms with Gasteiger partial charge in [-0.25, -0.2) is 9.37 Å². The number of halogens is 1. The molecule has 0 saturated heterocycles. The number of rotatable bonds is 5. The van der Waals surface area contributed by atoms with Crippen LogP contribution in [0.3, 0.4) is 0 Å². The van der Waals surface area contributed by atoms with Gasteiger partial charge in [-0.1, -0.05) is 36.4 Å². The fourth-order valence-electron chi connectivity index (χ4n) is 2.40. The number of benzene rings is 2. The number of carbonyl (C=O) groups is 1.